The fourth-order valence-corrected chi connectivity index (χ4v) is 3.12. The van der Waals surface area contributed by atoms with Gasteiger partial charge in [-0.2, -0.15) is 0 Å². The quantitative estimate of drug-likeness (QED) is 0.820. The minimum absolute atomic E-state index is 0.338. The van der Waals surface area contributed by atoms with Crippen LogP contribution in [0.2, 0.25) is 5.02 Å². The molecule has 1 heterocycles. The Labute approximate surface area is 125 Å². The number of halogens is 1. The van der Waals surface area contributed by atoms with Crippen LogP contribution in [0.4, 0.5) is 5.69 Å². The summed E-state index contributed by atoms with van der Waals surface area (Å²) in [6.45, 7) is 5.50. The Hall–Kier alpha value is -0.840. The molecule has 1 aromatic carbocycles. The number of likely N-dealkylation sites (N-methyl/N-ethyl adjacent to an activating group) is 1. The van der Waals surface area contributed by atoms with E-state index in [4.69, 9.17) is 29.6 Å². The van der Waals surface area contributed by atoms with Gasteiger partial charge < -0.3 is 11.1 Å². The van der Waals surface area contributed by atoms with E-state index < -0.39 is 0 Å². The van der Waals surface area contributed by atoms with E-state index in [-0.39, 0.29) is 0 Å². The van der Waals surface area contributed by atoms with E-state index in [0.717, 1.165) is 24.3 Å². The first kappa shape index (κ1) is 14.6. The van der Waals surface area contributed by atoms with Crippen LogP contribution in [0.25, 0.3) is 0 Å². The number of benzene rings is 1. The summed E-state index contributed by atoms with van der Waals surface area (Å²) in [4.78, 5) is 2.85. The summed E-state index contributed by atoms with van der Waals surface area (Å²) in [5.41, 5.74) is 7.35. The minimum Gasteiger partial charge on any atom is -0.389 e. The van der Waals surface area contributed by atoms with Crippen molar-refractivity contribution in [3.8, 4) is 0 Å². The number of nitrogens with two attached hydrogens (primary N) is 1. The maximum Gasteiger partial charge on any atom is 0.105 e. The molecule has 0 saturated carbocycles. The van der Waals surface area contributed by atoms with Gasteiger partial charge in [0.25, 0.3) is 0 Å². The van der Waals surface area contributed by atoms with Crippen LogP contribution < -0.4 is 11.1 Å². The van der Waals surface area contributed by atoms with E-state index in [9.17, 15) is 0 Å². The van der Waals surface area contributed by atoms with Gasteiger partial charge >= 0.3 is 0 Å². The number of hydrogen-bond acceptors (Lipinski definition) is 3. The number of anilines is 1. The smallest absolute Gasteiger partial charge is 0.105 e. The molecule has 1 aliphatic rings. The molecule has 104 valence electrons. The summed E-state index contributed by atoms with van der Waals surface area (Å²) in [6, 6.07) is 6.37. The van der Waals surface area contributed by atoms with Crippen LogP contribution in [0, 0.1) is 0 Å². The molecule has 1 atom stereocenters. The molecule has 0 amide bonds. The molecule has 0 aromatic heterocycles. The van der Waals surface area contributed by atoms with Crippen molar-refractivity contribution in [1.29, 1.82) is 0 Å². The predicted molar refractivity (Wildman–Crippen MR) is 86.1 cm³/mol. The molecule has 1 aromatic rings. The third-order valence-electron chi connectivity index (χ3n) is 3.68. The van der Waals surface area contributed by atoms with Crippen LogP contribution in [0.1, 0.15) is 25.3 Å². The summed E-state index contributed by atoms with van der Waals surface area (Å²) in [5.74, 6) is 0. The Balaban J connectivity index is 1.96. The molecule has 2 rings (SSSR count). The van der Waals surface area contributed by atoms with Gasteiger partial charge in [-0.1, -0.05) is 30.7 Å². The van der Waals surface area contributed by atoms with Crippen LogP contribution in [-0.2, 0) is 0 Å². The maximum absolute atomic E-state index is 6.16. The second kappa shape index (κ2) is 6.55. The lowest BCUT2D eigenvalue weighted by Gasteiger charge is -2.23. The van der Waals surface area contributed by atoms with Crippen molar-refractivity contribution in [1.82, 2.24) is 4.90 Å². The largest absolute Gasteiger partial charge is 0.389 e. The predicted octanol–water partition coefficient (Wildman–Crippen LogP) is 2.87. The Kier molecular flexibility index (Phi) is 5.02. The Morgan fingerprint density at radius 1 is 1.58 bits per heavy atom. The van der Waals surface area contributed by atoms with Crippen LogP contribution >= 0.6 is 23.8 Å². The van der Waals surface area contributed by atoms with Gasteiger partial charge in [-0.05, 0) is 44.1 Å². The minimum atomic E-state index is 0.338. The van der Waals surface area contributed by atoms with Crippen molar-refractivity contribution in [3.05, 3.63) is 28.8 Å². The molecule has 3 nitrogen and oxygen atoms in total. The van der Waals surface area contributed by atoms with Crippen LogP contribution in [0.5, 0.6) is 0 Å². The first-order chi connectivity index (χ1) is 9.11. The van der Waals surface area contributed by atoms with Crippen molar-refractivity contribution < 1.29 is 0 Å². The average Bonchev–Trinajstić information content (AvgIpc) is 2.83. The molecule has 0 aliphatic carbocycles. The van der Waals surface area contributed by atoms with Crippen LogP contribution in [0.15, 0.2) is 18.2 Å². The van der Waals surface area contributed by atoms with Crippen molar-refractivity contribution in [2.75, 3.05) is 25.0 Å². The zero-order valence-corrected chi connectivity index (χ0v) is 12.7. The van der Waals surface area contributed by atoms with Crippen LogP contribution in [0.3, 0.4) is 0 Å². The van der Waals surface area contributed by atoms with Gasteiger partial charge in [-0.25, -0.2) is 0 Å². The molecule has 1 aliphatic heterocycles. The Morgan fingerprint density at radius 3 is 3.00 bits per heavy atom. The van der Waals surface area contributed by atoms with E-state index in [1.54, 1.807) is 0 Å². The van der Waals surface area contributed by atoms with Gasteiger partial charge in [-0.3, -0.25) is 4.90 Å². The number of rotatable bonds is 5. The molecule has 19 heavy (non-hydrogen) atoms. The number of nitrogens with one attached hydrogen (secondary N) is 1. The summed E-state index contributed by atoms with van der Waals surface area (Å²) >= 11 is 11.1. The number of nitrogens with zero attached hydrogens (tertiary/aromatic N) is 1. The normalized spacial score (nSPS) is 19.6. The highest BCUT2D eigenvalue weighted by atomic mass is 35.5. The first-order valence-electron chi connectivity index (χ1n) is 6.69. The van der Waals surface area contributed by atoms with E-state index in [1.165, 1.54) is 19.4 Å². The second-order valence-electron chi connectivity index (χ2n) is 4.86. The Bertz CT molecular complexity index is 464. The zero-order valence-electron chi connectivity index (χ0n) is 11.2. The summed E-state index contributed by atoms with van der Waals surface area (Å²) < 4.78 is 0. The fraction of sp³-hybridized carbons (Fsp3) is 0.500. The highest BCUT2D eigenvalue weighted by Crippen LogP contribution is 2.22. The molecule has 5 heteroatoms. The van der Waals surface area contributed by atoms with Gasteiger partial charge in [-0.15, -0.1) is 0 Å². The van der Waals surface area contributed by atoms with Crippen molar-refractivity contribution in [2.24, 2.45) is 5.73 Å². The highest BCUT2D eigenvalue weighted by molar-refractivity contribution is 7.80. The maximum atomic E-state index is 6.16. The van der Waals surface area contributed by atoms with E-state index in [2.05, 4.69) is 17.1 Å². The summed E-state index contributed by atoms with van der Waals surface area (Å²) in [6.07, 6.45) is 2.56. The molecular weight excluding hydrogens is 278 g/mol. The van der Waals surface area contributed by atoms with E-state index in [0.29, 0.717) is 16.1 Å². The third kappa shape index (κ3) is 3.59. The summed E-state index contributed by atoms with van der Waals surface area (Å²) in [7, 11) is 0. The number of likely N-dealkylation sites (tertiary alicyclic amines) is 1. The van der Waals surface area contributed by atoms with Gasteiger partial charge in [0, 0.05) is 23.8 Å². The lowest BCUT2D eigenvalue weighted by atomic mass is 10.2. The molecule has 1 fully saturated rings. The molecular formula is C14H20ClN3S. The SMILES string of the molecule is CCN1CCCC1CNc1ccc(C(N)=S)c(Cl)c1. The molecule has 1 unspecified atom stereocenters. The average molecular weight is 298 g/mol. The molecule has 3 N–H and O–H groups in total. The standard InChI is InChI=1S/C14H20ClN3S/c1-2-18-7-3-4-11(18)9-17-10-5-6-12(14(16)19)13(15)8-10/h5-6,8,11,17H,2-4,7,9H2,1H3,(H2,16,19). The lowest BCUT2D eigenvalue weighted by molar-refractivity contribution is 0.277. The zero-order chi connectivity index (χ0) is 13.8. The van der Waals surface area contributed by atoms with Gasteiger partial charge in [0.15, 0.2) is 0 Å². The Morgan fingerprint density at radius 2 is 2.37 bits per heavy atom. The van der Waals surface area contributed by atoms with E-state index >= 15 is 0 Å². The molecule has 1 saturated heterocycles. The van der Waals surface area contributed by atoms with Gasteiger partial charge in [0.2, 0.25) is 0 Å². The van der Waals surface area contributed by atoms with Crippen molar-refractivity contribution in [2.45, 2.75) is 25.8 Å². The van der Waals surface area contributed by atoms with Gasteiger partial charge in [0.1, 0.15) is 4.99 Å². The lowest BCUT2D eigenvalue weighted by Crippen LogP contribution is -2.34. The van der Waals surface area contributed by atoms with Crippen molar-refractivity contribution in [3.63, 3.8) is 0 Å². The highest BCUT2D eigenvalue weighted by Gasteiger charge is 2.22. The van der Waals surface area contributed by atoms with E-state index in [1.807, 2.05) is 18.2 Å². The number of hydrogen-bond donors (Lipinski definition) is 2. The molecule has 0 spiro atoms. The van der Waals surface area contributed by atoms with Crippen LogP contribution in [-0.4, -0.2) is 35.6 Å². The molecule has 0 bridgehead atoms. The van der Waals surface area contributed by atoms with Crippen molar-refractivity contribution >= 4 is 34.5 Å². The second-order valence-corrected chi connectivity index (χ2v) is 5.71. The summed E-state index contributed by atoms with van der Waals surface area (Å²) in [5, 5.41) is 4.06. The first-order valence-corrected chi connectivity index (χ1v) is 7.47. The van der Waals surface area contributed by atoms with Gasteiger partial charge in [0.05, 0.1) is 5.02 Å². The monoisotopic (exact) mass is 297 g/mol. The fourth-order valence-electron chi connectivity index (χ4n) is 2.60. The number of thiocarbonyl (C=S) groups is 1. The third-order valence-corrected chi connectivity index (χ3v) is 4.21. The topological polar surface area (TPSA) is 41.3 Å². The molecule has 0 radical (unpaired) electrons.